The van der Waals surface area contributed by atoms with Gasteiger partial charge in [-0.15, -0.1) is 0 Å². The van der Waals surface area contributed by atoms with Gasteiger partial charge in [0, 0.05) is 12.4 Å². The summed E-state index contributed by atoms with van der Waals surface area (Å²) >= 11 is 0. The highest BCUT2D eigenvalue weighted by molar-refractivity contribution is 5.08. The smallest absolute Gasteiger partial charge is 0.0540 e. The molecule has 1 unspecified atom stereocenters. The molecular weight excluding hydrogens is 174 g/mol. The number of aliphatic hydroxyl groups excluding tert-OH is 1. The summed E-state index contributed by atoms with van der Waals surface area (Å²) in [6, 6.07) is 4.04. The largest absolute Gasteiger partial charge is 0.393 e. The first-order chi connectivity index (χ1) is 6.83. The lowest BCUT2D eigenvalue weighted by Crippen LogP contribution is -2.05. The molecule has 14 heavy (non-hydrogen) atoms. The van der Waals surface area contributed by atoms with Crippen molar-refractivity contribution in [1.82, 2.24) is 4.98 Å². The number of pyridine rings is 1. The highest BCUT2D eigenvalue weighted by Gasteiger charge is 2.02. The van der Waals surface area contributed by atoms with Gasteiger partial charge < -0.3 is 5.11 Å². The number of hydrogen-bond acceptors (Lipinski definition) is 2. The average molecular weight is 193 g/mol. The van der Waals surface area contributed by atoms with Gasteiger partial charge in [0.2, 0.25) is 0 Å². The number of nitrogens with zero attached hydrogens (tertiary/aromatic N) is 1. The molecule has 0 aromatic carbocycles. The van der Waals surface area contributed by atoms with E-state index in [4.69, 9.17) is 0 Å². The second-order valence-electron chi connectivity index (χ2n) is 3.70. The fourth-order valence-electron chi connectivity index (χ4n) is 1.57. The molecule has 0 aliphatic rings. The first-order valence-electron chi connectivity index (χ1n) is 5.40. The van der Waals surface area contributed by atoms with Crippen LogP contribution in [0.5, 0.6) is 0 Å². The SMILES string of the molecule is CCCC(O)CCCc1cccnc1. The molecule has 1 N–H and O–H groups in total. The molecule has 1 aromatic heterocycles. The third-order valence-electron chi connectivity index (χ3n) is 2.35. The van der Waals surface area contributed by atoms with Crippen LogP contribution in [0.2, 0.25) is 0 Å². The van der Waals surface area contributed by atoms with Gasteiger partial charge in [-0.1, -0.05) is 19.4 Å². The molecular formula is C12H19NO. The number of rotatable bonds is 6. The first-order valence-corrected chi connectivity index (χ1v) is 5.40. The molecule has 78 valence electrons. The zero-order valence-electron chi connectivity index (χ0n) is 8.82. The van der Waals surface area contributed by atoms with Gasteiger partial charge in [0.15, 0.2) is 0 Å². The van der Waals surface area contributed by atoms with Gasteiger partial charge in [-0.05, 0) is 37.3 Å². The highest BCUT2D eigenvalue weighted by Crippen LogP contribution is 2.08. The van der Waals surface area contributed by atoms with E-state index in [9.17, 15) is 5.11 Å². The molecule has 1 heterocycles. The predicted molar refractivity (Wildman–Crippen MR) is 58.1 cm³/mol. The minimum atomic E-state index is -0.114. The van der Waals surface area contributed by atoms with Crippen molar-refractivity contribution in [1.29, 1.82) is 0 Å². The van der Waals surface area contributed by atoms with Crippen LogP contribution >= 0.6 is 0 Å². The number of hydrogen-bond donors (Lipinski definition) is 1. The van der Waals surface area contributed by atoms with E-state index in [0.29, 0.717) is 0 Å². The molecule has 2 nitrogen and oxygen atoms in total. The first kappa shape index (κ1) is 11.2. The number of aryl methyl sites for hydroxylation is 1. The van der Waals surface area contributed by atoms with E-state index in [0.717, 1.165) is 32.1 Å². The third kappa shape index (κ3) is 4.38. The second kappa shape index (κ2) is 6.55. The van der Waals surface area contributed by atoms with Crippen LogP contribution in [0.1, 0.15) is 38.2 Å². The van der Waals surface area contributed by atoms with Gasteiger partial charge >= 0.3 is 0 Å². The van der Waals surface area contributed by atoms with E-state index in [1.54, 1.807) is 6.20 Å². The Bertz CT molecular complexity index is 235. The van der Waals surface area contributed by atoms with Crippen molar-refractivity contribution in [2.24, 2.45) is 0 Å². The Kier molecular flexibility index (Phi) is 5.23. The maximum Gasteiger partial charge on any atom is 0.0540 e. The molecule has 0 spiro atoms. The molecule has 0 bridgehead atoms. The van der Waals surface area contributed by atoms with Crippen molar-refractivity contribution in [3.05, 3.63) is 30.1 Å². The molecule has 1 rings (SSSR count). The molecule has 0 fully saturated rings. The minimum absolute atomic E-state index is 0.114. The van der Waals surface area contributed by atoms with Crippen molar-refractivity contribution in [2.75, 3.05) is 0 Å². The van der Waals surface area contributed by atoms with Gasteiger partial charge in [0.05, 0.1) is 6.10 Å². The summed E-state index contributed by atoms with van der Waals surface area (Å²) in [6.07, 6.45) is 8.53. The van der Waals surface area contributed by atoms with Crippen molar-refractivity contribution in [2.45, 2.75) is 45.1 Å². The maximum absolute atomic E-state index is 9.51. The standard InChI is InChI=1S/C12H19NO/c1-2-5-12(14)8-3-6-11-7-4-9-13-10-11/h4,7,9-10,12,14H,2-3,5-6,8H2,1H3. The van der Waals surface area contributed by atoms with Gasteiger partial charge in [0.1, 0.15) is 0 Å². The summed E-state index contributed by atoms with van der Waals surface area (Å²) in [6.45, 7) is 2.10. The van der Waals surface area contributed by atoms with Crippen LogP contribution < -0.4 is 0 Å². The lowest BCUT2D eigenvalue weighted by atomic mass is 10.1. The van der Waals surface area contributed by atoms with Crippen LogP contribution in [0, 0.1) is 0 Å². The molecule has 0 aliphatic heterocycles. The molecule has 0 saturated heterocycles. The predicted octanol–water partition coefficient (Wildman–Crippen LogP) is 2.57. The summed E-state index contributed by atoms with van der Waals surface area (Å²) < 4.78 is 0. The van der Waals surface area contributed by atoms with Crippen LogP contribution in [0.4, 0.5) is 0 Å². The third-order valence-corrected chi connectivity index (χ3v) is 2.35. The van der Waals surface area contributed by atoms with E-state index >= 15 is 0 Å². The zero-order valence-corrected chi connectivity index (χ0v) is 8.82. The summed E-state index contributed by atoms with van der Waals surface area (Å²) in [5.74, 6) is 0. The normalized spacial score (nSPS) is 12.7. The fourth-order valence-corrected chi connectivity index (χ4v) is 1.57. The van der Waals surface area contributed by atoms with Gasteiger partial charge in [-0.25, -0.2) is 0 Å². The lowest BCUT2D eigenvalue weighted by molar-refractivity contribution is 0.151. The van der Waals surface area contributed by atoms with Crippen molar-refractivity contribution in [3.63, 3.8) is 0 Å². The van der Waals surface area contributed by atoms with E-state index in [-0.39, 0.29) is 6.10 Å². The quantitative estimate of drug-likeness (QED) is 0.753. The van der Waals surface area contributed by atoms with E-state index < -0.39 is 0 Å². The topological polar surface area (TPSA) is 33.1 Å². The van der Waals surface area contributed by atoms with E-state index in [1.807, 2.05) is 12.3 Å². The molecule has 0 aliphatic carbocycles. The van der Waals surface area contributed by atoms with Crippen molar-refractivity contribution in [3.8, 4) is 0 Å². The molecule has 1 aromatic rings. The summed E-state index contributed by atoms with van der Waals surface area (Å²) in [4.78, 5) is 4.06. The van der Waals surface area contributed by atoms with Gasteiger partial charge in [-0.3, -0.25) is 4.98 Å². The Balaban J connectivity index is 2.16. The second-order valence-corrected chi connectivity index (χ2v) is 3.70. The van der Waals surface area contributed by atoms with E-state index in [2.05, 4.69) is 18.0 Å². The summed E-state index contributed by atoms with van der Waals surface area (Å²) in [5, 5.41) is 9.51. The van der Waals surface area contributed by atoms with Gasteiger partial charge in [-0.2, -0.15) is 0 Å². The number of aliphatic hydroxyl groups is 1. The zero-order chi connectivity index (χ0) is 10.2. The lowest BCUT2D eigenvalue weighted by Gasteiger charge is -2.08. The maximum atomic E-state index is 9.51. The van der Waals surface area contributed by atoms with Crippen LogP contribution in [0.15, 0.2) is 24.5 Å². The van der Waals surface area contributed by atoms with Crippen LogP contribution in [0.3, 0.4) is 0 Å². The van der Waals surface area contributed by atoms with Gasteiger partial charge in [0.25, 0.3) is 0 Å². The van der Waals surface area contributed by atoms with Crippen LogP contribution in [-0.2, 0) is 6.42 Å². The molecule has 0 amide bonds. The Labute approximate surface area is 86.0 Å². The summed E-state index contributed by atoms with van der Waals surface area (Å²) in [5.41, 5.74) is 1.26. The molecule has 2 heteroatoms. The average Bonchev–Trinajstić information content (AvgIpc) is 2.20. The monoisotopic (exact) mass is 193 g/mol. The van der Waals surface area contributed by atoms with Crippen molar-refractivity contribution < 1.29 is 5.11 Å². The Morgan fingerprint density at radius 3 is 2.93 bits per heavy atom. The molecule has 1 atom stereocenters. The highest BCUT2D eigenvalue weighted by atomic mass is 16.3. The van der Waals surface area contributed by atoms with Crippen LogP contribution in [0.25, 0.3) is 0 Å². The fraction of sp³-hybridized carbons (Fsp3) is 0.583. The Hall–Kier alpha value is -0.890. The Morgan fingerprint density at radius 1 is 1.43 bits per heavy atom. The summed E-state index contributed by atoms with van der Waals surface area (Å²) in [7, 11) is 0. The Morgan fingerprint density at radius 2 is 2.29 bits per heavy atom. The molecule has 0 saturated carbocycles. The van der Waals surface area contributed by atoms with E-state index in [1.165, 1.54) is 5.56 Å². The molecule has 0 radical (unpaired) electrons. The number of aromatic nitrogens is 1. The van der Waals surface area contributed by atoms with Crippen molar-refractivity contribution >= 4 is 0 Å². The minimum Gasteiger partial charge on any atom is -0.393 e. The van der Waals surface area contributed by atoms with Crippen LogP contribution in [-0.4, -0.2) is 16.2 Å².